The van der Waals surface area contributed by atoms with Gasteiger partial charge in [0.05, 0.1) is 5.01 Å². The number of aromatic nitrogens is 1. The Kier molecular flexibility index (Phi) is 5.08. The zero-order valence-electron chi connectivity index (χ0n) is 12.7. The summed E-state index contributed by atoms with van der Waals surface area (Å²) in [5.74, 6) is 0.722. The van der Waals surface area contributed by atoms with E-state index in [1.54, 1.807) is 0 Å². The van der Waals surface area contributed by atoms with Crippen molar-refractivity contribution in [2.24, 2.45) is 0 Å². The van der Waals surface area contributed by atoms with Crippen molar-refractivity contribution in [3.63, 3.8) is 0 Å². The minimum Gasteiger partial charge on any atom is -0.302 e. The maximum Gasteiger partial charge on any atom is 0.0960 e. The average Bonchev–Trinajstić information content (AvgIpc) is 2.93. The molecule has 0 bridgehead atoms. The molecule has 1 aromatic heterocycles. The molecule has 4 heteroatoms. The number of thiazole rings is 1. The molecular weight excluding hydrogens is 266 g/mol. The molecule has 2 aliphatic heterocycles. The van der Waals surface area contributed by atoms with E-state index < -0.39 is 0 Å². The van der Waals surface area contributed by atoms with Crippen molar-refractivity contribution in [1.29, 1.82) is 0 Å². The number of aryl methyl sites for hydroxylation is 1. The Morgan fingerprint density at radius 1 is 1.05 bits per heavy atom. The fourth-order valence-corrected chi connectivity index (χ4v) is 4.40. The number of hydrogen-bond donors (Lipinski definition) is 0. The van der Waals surface area contributed by atoms with Gasteiger partial charge in [0.25, 0.3) is 0 Å². The van der Waals surface area contributed by atoms with Gasteiger partial charge in [-0.15, -0.1) is 11.3 Å². The van der Waals surface area contributed by atoms with Gasteiger partial charge in [-0.25, -0.2) is 4.98 Å². The number of hydrogen-bond acceptors (Lipinski definition) is 4. The number of likely N-dealkylation sites (tertiary alicyclic amines) is 2. The van der Waals surface area contributed by atoms with Crippen molar-refractivity contribution in [3.8, 4) is 0 Å². The van der Waals surface area contributed by atoms with Gasteiger partial charge in [0.2, 0.25) is 0 Å². The molecule has 0 radical (unpaired) electrons. The molecule has 0 atom stereocenters. The van der Waals surface area contributed by atoms with Crippen LogP contribution >= 0.6 is 11.3 Å². The summed E-state index contributed by atoms with van der Waals surface area (Å²) in [5.41, 5.74) is 1.19. The minimum absolute atomic E-state index is 0.722. The van der Waals surface area contributed by atoms with Gasteiger partial charge in [0.15, 0.2) is 0 Å². The number of rotatable bonds is 4. The molecule has 0 aromatic carbocycles. The van der Waals surface area contributed by atoms with Crippen molar-refractivity contribution in [2.75, 3.05) is 39.3 Å². The third kappa shape index (κ3) is 3.80. The van der Waals surface area contributed by atoms with Gasteiger partial charge in [-0.3, -0.25) is 0 Å². The number of piperidine rings is 2. The molecule has 3 rings (SSSR count). The highest BCUT2D eigenvalue weighted by Crippen LogP contribution is 2.30. The zero-order chi connectivity index (χ0) is 13.8. The van der Waals surface area contributed by atoms with Crippen LogP contribution in [0, 0.1) is 6.92 Å². The van der Waals surface area contributed by atoms with E-state index in [1.807, 2.05) is 11.3 Å². The molecule has 0 saturated carbocycles. The molecule has 112 valence electrons. The van der Waals surface area contributed by atoms with Gasteiger partial charge in [-0.1, -0.05) is 6.42 Å². The third-order valence-electron chi connectivity index (χ3n) is 4.75. The summed E-state index contributed by atoms with van der Waals surface area (Å²) in [6.07, 6.45) is 6.85. The van der Waals surface area contributed by atoms with Crippen molar-refractivity contribution in [1.82, 2.24) is 14.8 Å². The van der Waals surface area contributed by atoms with Crippen LogP contribution in [0.5, 0.6) is 0 Å². The van der Waals surface area contributed by atoms with Crippen LogP contribution in [0.4, 0.5) is 0 Å². The Balaban J connectivity index is 1.39. The lowest BCUT2D eigenvalue weighted by atomic mass is 9.97. The van der Waals surface area contributed by atoms with E-state index in [-0.39, 0.29) is 0 Å². The van der Waals surface area contributed by atoms with Gasteiger partial charge in [0.1, 0.15) is 0 Å². The molecule has 1 aromatic rings. The SMILES string of the molecule is Cc1csc(C2CCN(CCN3CCCCC3)CC2)n1. The quantitative estimate of drug-likeness (QED) is 0.850. The van der Waals surface area contributed by atoms with Crippen molar-refractivity contribution >= 4 is 11.3 Å². The molecule has 0 amide bonds. The van der Waals surface area contributed by atoms with Gasteiger partial charge >= 0.3 is 0 Å². The molecule has 0 unspecified atom stereocenters. The zero-order valence-corrected chi connectivity index (χ0v) is 13.5. The second-order valence-electron chi connectivity index (χ2n) is 6.35. The highest BCUT2D eigenvalue weighted by atomic mass is 32.1. The van der Waals surface area contributed by atoms with Crippen LogP contribution in [0.2, 0.25) is 0 Å². The van der Waals surface area contributed by atoms with E-state index in [1.165, 1.54) is 82.1 Å². The Hall–Kier alpha value is -0.450. The van der Waals surface area contributed by atoms with Gasteiger partial charge in [-0.2, -0.15) is 0 Å². The largest absolute Gasteiger partial charge is 0.302 e. The van der Waals surface area contributed by atoms with E-state index in [4.69, 9.17) is 0 Å². The maximum absolute atomic E-state index is 4.67. The second-order valence-corrected chi connectivity index (χ2v) is 7.24. The number of nitrogens with zero attached hydrogens (tertiary/aromatic N) is 3. The highest BCUT2D eigenvalue weighted by Gasteiger charge is 2.23. The molecule has 3 heterocycles. The van der Waals surface area contributed by atoms with Gasteiger partial charge in [0, 0.05) is 30.1 Å². The molecule has 20 heavy (non-hydrogen) atoms. The van der Waals surface area contributed by atoms with Crippen LogP contribution in [0.1, 0.15) is 48.7 Å². The molecular formula is C16H27N3S. The summed E-state index contributed by atoms with van der Waals surface area (Å²) < 4.78 is 0. The van der Waals surface area contributed by atoms with E-state index in [0.29, 0.717) is 0 Å². The second kappa shape index (κ2) is 7.01. The van der Waals surface area contributed by atoms with E-state index in [0.717, 1.165) is 5.92 Å². The predicted molar refractivity (Wildman–Crippen MR) is 85.6 cm³/mol. The van der Waals surface area contributed by atoms with Crippen LogP contribution in [-0.4, -0.2) is 54.1 Å². The molecule has 0 N–H and O–H groups in total. The first-order valence-corrected chi connectivity index (χ1v) is 9.06. The predicted octanol–water partition coefficient (Wildman–Crippen LogP) is 3.12. The molecule has 0 aliphatic carbocycles. The molecule has 2 saturated heterocycles. The van der Waals surface area contributed by atoms with Crippen molar-refractivity contribution < 1.29 is 0 Å². The lowest BCUT2D eigenvalue weighted by molar-refractivity contribution is 0.159. The molecule has 2 fully saturated rings. The summed E-state index contributed by atoms with van der Waals surface area (Å²) in [5, 5.41) is 3.57. The van der Waals surface area contributed by atoms with Gasteiger partial charge < -0.3 is 9.80 Å². The molecule has 2 aliphatic rings. The lowest BCUT2D eigenvalue weighted by Crippen LogP contribution is -2.40. The van der Waals surface area contributed by atoms with Crippen LogP contribution in [0.15, 0.2) is 5.38 Å². The van der Waals surface area contributed by atoms with E-state index in [2.05, 4.69) is 27.1 Å². The monoisotopic (exact) mass is 293 g/mol. The van der Waals surface area contributed by atoms with Crippen LogP contribution in [0.25, 0.3) is 0 Å². The topological polar surface area (TPSA) is 19.4 Å². The lowest BCUT2D eigenvalue weighted by Gasteiger charge is -2.34. The summed E-state index contributed by atoms with van der Waals surface area (Å²) in [7, 11) is 0. The fourth-order valence-electron chi connectivity index (χ4n) is 3.43. The summed E-state index contributed by atoms with van der Waals surface area (Å²) >= 11 is 1.86. The summed E-state index contributed by atoms with van der Waals surface area (Å²) in [4.78, 5) is 9.98. The third-order valence-corrected chi connectivity index (χ3v) is 5.88. The van der Waals surface area contributed by atoms with Gasteiger partial charge in [-0.05, 0) is 58.8 Å². The maximum atomic E-state index is 4.67. The Morgan fingerprint density at radius 3 is 2.30 bits per heavy atom. The fraction of sp³-hybridized carbons (Fsp3) is 0.812. The standard InChI is InChI=1S/C16H27N3S/c1-14-13-20-16(17-14)15-5-9-19(10-6-15)12-11-18-7-3-2-4-8-18/h13,15H,2-12H2,1H3. The smallest absolute Gasteiger partial charge is 0.0960 e. The van der Waals surface area contributed by atoms with E-state index in [9.17, 15) is 0 Å². The summed E-state index contributed by atoms with van der Waals surface area (Å²) in [6, 6.07) is 0. The Morgan fingerprint density at radius 2 is 1.70 bits per heavy atom. The Labute approximate surface area is 127 Å². The summed E-state index contributed by atoms with van der Waals surface area (Å²) in [6.45, 7) is 9.83. The molecule has 0 spiro atoms. The van der Waals surface area contributed by atoms with Crippen LogP contribution < -0.4 is 0 Å². The van der Waals surface area contributed by atoms with Crippen molar-refractivity contribution in [3.05, 3.63) is 16.1 Å². The van der Waals surface area contributed by atoms with Crippen molar-refractivity contribution in [2.45, 2.75) is 44.9 Å². The molecule has 3 nitrogen and oxygen atoms in total. The van der Waals surface area contributed by atoms with Crippen LogP contribution in [0.3, 0.4) is 0 Å². The minimum atomic E-state index is 0.722. The highest BCUT2D eigenvalue weighted by molar-refractivity contribution is 7.09. The normalized spacial score (nSPS) is 23.2. The van der Waals surface area contributed by atoms with E-state index >= 15 is 0 Å². The Bertz CT molecular complexity index is 404. The first kappa shape index (κ1) is 14.5. The average molecular weight is 293 g/mol. The first-order chi connectivity index (χ1) is 9.81. The van der Waals surface area contributed by atoms with Crippen LogP contribution in [-0.2, 0) is 0 Å². The first-order valence-electron chi connectivity index (χ1n) is 8.18.